The van der Waals surface area contributed by atoms with E-state index in [1.54, 1.807) is 0 Å². The van der Waals surface area contributed by atoms with Gasteiger partial charge in [-0.3, -0.25) is 0 Å². The molecule has 0 aliphatic rings. The summed E-state index contributed by atoms with van der Waals surface area (Å²) < 4.78 is 4.96. The molecular weight excluding hydrogens is 170 g/mol. The van der Waals surface area contributed by atoms with Gasteiger partial charge < -0.3 is 9.63 Å². The molecule has 0 spiro atoms. The molecule has 0 fully saturated rings. The van der Waals surface area contributed by atoms with Gasteiger partial charge in [0.2, 0.25) is 0 Å². The van der Waals surface area contributed by atoms with E-state index in [2.05, 4.69) is 5.16 Å². The number of hydrogen-bond donors (Lipinski definition) is 1. The van der Waals surface area contributed by atoms with E-state index in [1.807, 2.05) is 13.8 Å². The molecular formula is C9H13NO3. The van der Waals surface area contributed by atoms with Crippen LogP contribution in [0.25, 0.3) is 0 Å². The van der Waals surface area contributed by atoms with Crippen LogP contribution in [0.4, 0.5) is 0 Å². The highest BCUT2D eigenvalue weighted by atomic mass is 16.5. The highest BCUT2D eigenvalue weighted by Crippen LogP contribution is 2.16. The number of carboxylic acid groups (broad SMARTS) is 1. The number of aromatic nitrogens is 1. The lowest BCUT2D eigenvalue weighted by molar-refractivity contribution is 0.0684. The molecule has 0 atom stereocenters. The smallest absolute Gasteiger partial charge is 0.358 e. The van der Waals surface area contributed by atoms with Gasteiger partial charge in [-0.2, -0.15) is 0 Å². The molecule has 1 N–H and O–H groups in total. The summed E-state index contributed by atoms with van der Waals surface area (Å²) in [6.07, 6.45) is 2.34. The Morgan fingerprint density at radius 1 is 1.54 bits per heavy atom. The van der Waals surface area contributed by atoms with Gasteiger partial charge in [0.25, 0.3) is 0 Å². The Morgan fingerprint density at radius 3 is 2.69 bits per heavy atom. The third-order valence-electron chi connectivity index (χ3n) is 1.90. The minimum atomic E-state index is -1.01. The van der Waals surface area contributed by atoms with Gasteiger partial charge >= 0.3 is 5.97 Å². The summed E-state index contributed by atoms with van der Waals surface area (Å²) >= 11 is 0. The van der Waals surface area contributed by atoms with E-state index in [0.717, 1.165) is 18.4 Å². The quantitative estimate of drug-likeness (QED) is 0.774. The maximum absolute atomic E-state index is 10.7. The molecule has 1 rings (SSSR count). The highest BCUT2D eigenvalue weighted by molar-refractivity contribution is 5.87. The molecule has 0 aliphatic carbocycles. The summed E-state index contributed by atoms with van der Waals surface area (Å²) in [5.74, 6) is -0.301. The van der Waals surface area contributed by atoms with Crippen molar-refractivity contribution in [1.29, 1.82) is 0 Å². The third kappa shape index (κ3) is 1.88. The Hall–Kier alpha value is -1.32. The Balaban J connectivity index is 3.03. The van der Waals surface area contributed by atoms with Crippen molar-refractivity contribution in [2.24, 2.45) is 0 Å². The van der Waals surface area contributed by atoms with Crippen LogP contribution in [0.3, 0.4) is 0 Å². The van der Waals surface area contributed by atoms with Gasteiger partial charge in [-0.1, -0.05) is 19.0 Å². The molecule has 0 aliphatic heterocycles. The van der Waals surface area contributed by atoms with Crippen molar-refractivity contribution < 1.29 is 14.4 Å². The van der Waals surface area contributed by atoms with Crippen molar-refractivity contribution in [2.45, 2.75) is 33.1 Å². The molecule has 72 valence electrons. The van der Waals surface area contributed by atoms with E-state index < -0.39 is 5.97 Å². The van der Waals surface area contributed by atoms with Crippen LogP contribution >= 0.6 is 0 Å². The summed E-state index contributed by atoms with van der Waals surface area (Å²) in [6.45, 7) is 3.92. The van der Waals surface area contributed by atoms with Crippen LogP contribution in [0.1, 0.15) is 42.1 Å². The third-order valence-corrected chi connectivity index (χ3v) is 1.90. The first kappa shape index (κ1) is 9.77. The van der Waals surface area contributed by atoms with Crippen LogP contribution in [-0.4, -0.2) is 16.2 Å². The fraction of sp³-hybridized carbons (Fsp3) is 0.556. The van der Waals surface area contributed by atoms with Gasteiger partial charge in [0.05, 0.1) is 0 Å². The molecule has 0 radical (unpaired) electrons. The fourth-order valence-corrected chi connectivity index (χ4v) is 1.30. The van der Waals surface area contributed by atoms with Crippen molar-refractivity contribution in [2.75, 3.05) is 0 Å². The van der Waals surface area contributed by atoms with Gasteiger partial charge in [0, 0.05) is 12.0 Å². The second-order valence-electron chi connectivity index (χ2n) is 2.84. The van der Waals surface area contributed by atoms with Gasteiger partial charge in [-0.05, 0) is 12.8 Å². The summed E-state index contributed by atoms with van der Waals surface area (Å²) in [5, 5.41) is 12.3. The van der Waals surface area contributed by atoms with Crippen molar-refractivity contribution in [3.05, 3.63) is 17.0 Å². The number of carbonyl (C=O) groups is 1. The predicted octanol–water partition coefficient (Wildman–Crippen LogP) is 1.89. The molecule has 0 aromatic carbocycles. The average Bonchev–Trinajstić information content (AvgIpc) is 2.48. The minimum Gasteiger partial charge on any atom is -0.476 e. The number of nitrogens with zero attached hydrogens (tertiary/aromatic N) is 1. The van der Waals surface area contributed by atoms with Crippen LogP contribution in [-0.2, 0) is 12.8 Å². The lowest BCUT2D eigenvalue weighted by Gasteiger charge is -1.95. The molecule has 0 amide bonds. The van der Waals surface area contributed by atoms with Gasteiger partial charge in [0.1, 0.15) is 5.76 Å². The Kier molecular flexibility index (Phi) is 3.06. The van der Waals surface area contributed by atoms with Crippen LogP contribution in [0.2, 0.25) is 0 Å². The fourth-order valence-electron chi connectivity index (χ4n) is 1.30. The SMILES string of the molecule is CCCc1onc(C(=O)O)c1CC. The molecule has 13 heavy (non-hydrogen) atoms. The van der Waals surface area contributed by atoms with Crippen molar-refractivity contribution in [1.82, 2.24) is 5.16 Å². The summed E-state index contributed by atoms with van der Waals surface area (Å²) in [6, 6.07) is 0. The summed E-state index contributed by atoms with van der Waals surface area (Å²) in [4.78, 5) is 10.7. The van der Waals surface area contributed by atoms with E-state index in [9.17, 15) is 4.79 Å². The molecule has 1 aromatic heterocycles. The lowest BCUT2D eigenvalue weighted by Crippen LogP contribution is -2.01. The summed E-state index contributed by atoms with van der Waals surface area (Å²) in [5.41, 5.74) is 0.792. The normalized spacial score (nSPS) is 10.3. The second-order valence-corrected chi connectivity index (χ2v) is 2.84. The van der Waals surface area contributed by atoms with Gasteiger partial charge in [-0.15, -0.1) is 0 Å². The number of rotatable bonds is 4. The number of hydrogen-bond acceptors (Lipinski definition) is 3. The second kappa shape index (κ2) is 4.07. The molecule has 0 saturated heterocycles. The van der Waals surface area contributed by atoms with Crippen LogP contribution < -0.4 is 0 Å². The van der Waals surface area contributed by atoms with Crippen molar-refractivity contribution in [3.8, 4) is 0 Å². The van der Waals surface area contributed by atoms with Crippen LogP contribution in [0, 0.1) is 0 Å². The minimum absolute atomic E-state index is 0.0611. The maximum Gasteiger partial charge on any atom is 0.358 e. The predicted molar refractivity (Wildman–Crippen MR) is 46.8 cm³/mol. The van der Waals surface area contributed by atoms with Gasteiger partial charge in [0.15, 0.2) is 5.69 Å². The molecule has 1 heterocycles. The largest absolute Gasteiger partial charge is 0.476 e. The molecule has 0 unspecified atom stereocenters. The molecule has 0 saturated carbocycles. The van der Waals surface area contributed by atoms with E-state index in [1.165, 1.54) is 0 Å². The number of carboxylic acids is 1. The number of aromatic carboxylic acids is 1. The summed E-state index contributed by atoms with van der Waals surface area (Å²) in [7, 11) is 0. The Labute approximate surface area is 76.5 Å². The van der Waals surface area contributed by atoms with Crippen LogP contribution in [0.5, 0.6) is 0 Å². The maximum atomic E-state index is 10.7. The first-order chi connectivity index (χ1) is 6.20. The van der Waals surface area contributed by atoms with E-state index in [-0.39, 0.29) is 5.69 Å². The number of aryl methyl sites for hydroxylation is 1. The standard InChI is InChI=1S/C9H13NO3/c1-3-5-7-6(4-2)8(9(11)12)10-13-7/h3-5H2,1-2H3,(H,11,12). The molecule has 0 bridgehead atoms. The molecule has 4 nitrogen and oxygen atoms in total. The highest BCUT2D eigenvalue weighted by Gasteiger charge is 2.18. The zero-order valence-electron chi connectivity index (χ0n) is 7.83. The average molecular weight is 183 g/mol. The van der Waals surface area contributed by atoms with E-state index in [0.29, 0.717) is 12.2 Å². The Bertz CT molecular complexity index is 304. The zero-order chi connectivity index (χ0) is 9.84. The molecule has 4 heteroatoms. The topological polar surface area (TPSA) is 63.3 Å². The Morgan fingerprint density at radius 2 is 2.23 bits per heavy atom. The molecule has 1 aromatic rings. The van der Waals surface area contributed by atoms with E-state index in [4.69, 9.17) is 9.63 Å². The monoisotopic (exact) mass is 183 g/mol. The lowest BCUT2D eigenvalue weighted by atomic mass is 10.1. The van der Waals surface area contributed by atoms with Gasteiger partial charge in [-0.25, -0.2) is 4.79 Å². The van der Waals surface area contributed by atoms with Crippen LogP contribution in [0.15, 0.2) is 4.52 Å². The zero-order valence-corrected chi connectivity index (χ0v) is 7.83. The first-order valence-electron chi connectivity index (χ1n) is 4.41. The van der Waals surface area contributed by atoms with Crippen molar-refractivity contribution in [3.63, 3.8) is 0 Å². The first-order valence-corrected chi connectivity index (χ1v) is 4.41. The van der Waals surface area contributed by atoms with E-state index >= 15 is 0 Å². The van der Waals surface area contributed by atoms with Crippen molar-refractivity contribution >= 4 is 5.97 Å².